The summed E-state index contributed by atoms with van der Waals surface area (Å²) >= 11 is 0. The summed E-state index contributed by atoms with van der Waals surface area (Å²) in [6.45, 7) is 4.43. The molecule has 2 nitrogen and oxygen atoms in total. The minimum atomic E-state index is -0.0860. The van der Waals surface area contributed by atoms with Crippen LogP contribution in [0.2, 0.25) is 0 Å². The van der Waals surface area contributed by atoms with Crippen LogP contribution in [0.4, 0.5) is 0 Å². The van der Waals surface area contributed by atoms with Crippen molar-refractivity contribution in [2.45, 2.75) is 90.9 Å². The first-order valence-electron chi connectivity index (χ1n) is 8.01. The summed E-state index contributed by atoms with van der Waals surface area (Å²) in [6.07, 6.45) is 14.7. The van der Waals surface area contributed by atoms with Crippen LogP contribution in [0.15, 0.2) is 0 Å². The summed E-state index contributed by atoms with van der Waals surface area (Å²) in [5.74, 6) is 0.0456. The Labute approximate surface area is 114 Å². The number of primary amides is 1. The first-order chi connectivity index (χ1) is 8.72. The fraction of sp³-hybridized carbons (Fsp3) is 0.938. The number of carbonyl (C=O) groups excluding carboxylic acids is 1. The molecule has 0 saturated carbocycles. The fourth-order valence-electron chi connectivity index (χ4n) is 2.42. The standard InChI is InChI=1S/C16H33NO/c1-3-5-7-8-9-10-12-14-15(16(17)18)13-11-6-4-2/h15H,3-14H2,1-2H3,(H2,17,18)/t15-/m1/s1. The minimum absolute atomic E-state index is 0.0860. The molecule has 0 aliphatic rings. The van der Waals surface area contributed by atoms with Gasteiger partial charge in [0.1, 0.15) is 0 Å². The van der Waals surface area contributed by atoms with E-state index < -0.39 is 0 Å². The predicted molar refractivity (Wildman–Crippen MR) is 79.4 cm³/mol. The van der Waals surface area contributed by atoms with Gasteiger partial charge in [-0.1, -0.05) is 78.1 Å². The highest BCUT2D eigenvalue weighted by molar-refractivity contribution is 5.76. The third kappa shape index (κ3) is 10.6. The van der Waals surface area contributed by atoms with Gasteiger partial charge in [-0.3, -0.25) is 4.79 Å². The fourth-order valence-corrected chi connectivity index (χ4v) is 2.42. The topological polar surface area (TPSA) is 43.1 Å². The molecule has 0 fully saturated rings. The van der Waals surface area contributed by atoms with Crippen molar-refractivity contribution >= 4 is 5.91 Å². The molecule has 0 aromatic rings. The highest BCUT2D eigenvalue weighted by atomic mass is 16.1. The highest BCUT2D eigenvalue weighted by Gasteiger charge is 2.13. The van der Waals surface area contributed by atoms with E-state index >= 15 is 0 Å². The molecule has 0 heterocycles. The normalized spacial score (nSPS) is 12.6. The molecular weight excluding hydrogens is 222 g/mol. The second-order valence-electron chi connectivity index (χ2n) is 5.51. The SMILES string of the molecule is CCCCCCCCC[C@@H](CCCCC)C(N)=O. The molecule has 0 rings (SSSR count). The Morgan fingerprint density at radius 1 is 0.778 bits per heavy atom. The lowest BCUT2D eigenvalue weighted by atomic mass is 9.94. The smallest absolute Gasteiger partial charge is 0.220 e. The molecule has 0 saturated heterocycles. The summed E-state index contributed by atoms with van der Waals surface area (Å²) in [5.41, 5.74) is 5.46. The maximum absolute atomic E-state index is 11.3. The zero-order valence-electron chi connectivity index (χ0n) is 12.5. The van der Waals surface area contributed by atoms with E-state index in [2.05, 4.69) is 13.8 Å². The van der Waals surface area contributed by atoms with Crippen molar-refractivity contribution in [2.24, 2.45) is 11.7 Å². The Bertz CT molecular complexity index is 192. The van der Waals surface area contributed by atoms with Crippen molar-refractivity contribution in [3.05, 3.63) is 0 Å². The Morgan fingerprint density at radius 2 is 1.17 bits per heavy atom. The third-order valence-electron chi connectivity index (χ3n) is 3.71. The van der Waals surface area contributed by atoms with Crippen molar-refractivity contribution in [1.29, 1.82) is 0 Å². The van der Waals surface area contributed by atoms with Gasteiger partial charge in [0.05, 0.1) is 0 Å². The summed E-state index contributed by atoms with van der Waals surface area (Å²) in [6, 6.07) is 0. The Hall–Kier alpha value is -0.530. The summed E-state index contributed by atoms with van der Waals surface area (Å²) in [4.78, 5) is 11.3. The molecule has 0 aliphatic heterocycles. The van der Waals surface area contributed by atoms with Gasteiger partial charge in [0, 0.05) is 5.92 Å². The highest BCUT2D eigenvalue weighted by Crippen LogP contribution is 2.18. The largest absolute Gasteiger partial charge is 0.369 e. The molecule has 0 bridgehead atoms. The first-order valence-corrected chi connectivity index (χ1v) is 8.01. The number of rotatable bonds is 13. The molecule has 108 valence electrons. The van der Waals surface area contributed by atoms with E-state index in [1.807, 2.05) is 0 Å². The Morgan fingerprint density at radius 3 is 1.67 bits per heavy atom. The molecule has 0 radical (unpaired) electrons. The number of hydrogen-bond donors (Lipinski definition) is 1. The van der Waals surface area contributed by atoms with E-state index in [0.29, 0.717) is 0 Å². The number of carbonyl (C=O) groups is 1. The van der Waals surface area contributed by atoms with Crippen LogP contribution in [0.25, 0.3) is 0 Å². The van der Waals surface area contributed by atoms with Crippen molar-refractivity contribution in [3.63, 3.8) is 0 Å². The van der Waals surface area contributed by atoms with Gasteiger partial charge in [-0.05, 0) is 12.8 Å². The maximum Gasteiger partial charge on any atom is 0.220 e. The number of amides is 1. The summed E-state index contributed by atoms with van der Waals surface area (Å²) < 4.78 is 0. The van der Waals surface area contributed by atoms with E-state index in [9.17, 15) is 4.79 Å². The molecule has 0 spiro atoms. The van der Waals surface area contributed by atoms with Crippen LogP contribution >= 0.6 is 0 Å². The molecule has 2 N–H and O–H groups in total. The van der Waals surface area contributed by atoms with E-state index in [-0.39, 0.29) is 11.8 Å². The van der Waals surface area contributed by atoms with Crippen molar-refractivity contribution < 1.29 is 4.79 Å². The second kappa shape index (κ2) is 12.9. The van der Waals surface area contributed by atoms with Crippen LogP contribution in [-0.2, 0) is 4.79 Å². The monoisotopic (exact) mass is 255 g/mol. The van der Waals surface area contributed by atoms with Gasteiger partial charge in [0.15, 0.2) is 0 Å². The lowest BCUT2D eigenvalue weighted by Gasteiger charge is -2.12. The average molecular weight is 255 g/mol. The van der Waals surface area contributed by atoms with Gasteiger partial charge in [0.2, 0.25) is 5.91 Å². The van der Waals surface area contributed by atoms with Gasteiger partial charge < -0.3 is 5.73 Å². The molecular formula is C16H33NO. The predicted octanol–water partition coefficient (Wildman–Crippen LogP) is 4.81. The van der Waals surface area contributed by atoms with E-state index in [1.165, 1.54) is 57.8 Å². The lowest BCUT2D eigenvalue weighted by molar-refractivity contribution is -0.122. The number of nitrogens with two attached hydrogens (primary N) is 1. The molecule has 18 heavy (non-hydrogen) atoms. The van der Waals surface area contributed by atoms with Crippen LogP contribution in [-0.4, -0.2) is 5.91 Å². The number of hydrogen-bond acceptors (Lipinski definition) is 1. The van der Waals surface area contributed by atoms with Crippen LogP contribution in [0.3, 0.4) is 0 Å². The Balaban J connectivity index is 3.49. The van der Waals surface area contributed by atoms with Gasteiger partial charge >= 0.3 is 0 Å². The van der Waals surface area contributed by atoms with Crippen molar-refractivity contribution in [3.8, 4) is 0 Å². The van der Waals surface area contributed by atoms with Crippen molar-refractivity contribution in [1.82, 2.24) is 0 Å². The summed E-state index contributed by atoms with van der Waals surface area (Å²) in [5, 5.41) is 0. The molecule has 1 atom stereocenters. The van der Waals surface area contributed by atoms with Gasteiger partial charge in [-0.2, -0.15) is 0 Å². The minimum Gasteiger partial charge on any atom is -0.369 e. The molecule has 0 unspecified atom stereocenters. The second-order valence-corrected chi connectivity index (χ2v) is 5.51. The average Bonchev–Trinajstić information content (AvgIpc) is 2.35. The van der Waals surface area contributed by atoms with Crippen LogP contribution < -0.4 is 5.73 Å². The quantitative estimate of drug-likeness (QED) is 0.472. The van der Waals surface area contributed by atoms with E-state index in [0.717, 1.165) is 19.3 Å². The zero-order chi connectivity index (χ0) is 13.6. The van der Waals surface area contributed by atoms with Crippen molar-refractivity contribution in [2.75, 3.05) is 0 Å². The Kier molecular flexibility index (Phi) is 12.5. The van der Waals surface area contributed by atoms with Crippen LogP contribution in [0.5, 0.6) is 0 Å². The van der Waals surface area contributed by atoms with E-state index in [4.69, 9.17) is 5.73 Å². The van der Waals surface area contributed by atoms with Gasteiger partial charge in [-0.15, -0.1) is 0 Å². The summed E-state index contributed by atoms with van der Waals surface area (Å²) in [7, 11) is 0. The molecule has 1 amide bonds. The number of unbranched alkanes of at least 4 members (excludes halogenated alkanes) is 8. The lowest BCUT2D eigenvalue weighted by Crippen LogP contribution is -2.23. The maximum atomic E-state index is 11.3. The first kappa shape index (κ1) is 17.5. The molecule has 0 aliphatic carbocycles. The molecule has 0 aromatic heterocycles. The van der Waals surface area contributed by atoms with Gasteiger partial charge in [-0.25, -0.2) is 0 Å². The van der Waals surface area contributed by atoms with Crippen LogP contribution in [0.1, 0.15) is 90.9 Å². The van der Waals surface area contributed by atoms with Gasteiger partial charge in [0.25, 0.3) is 0 Å². The third-order valence-corrected chi connectivity index (χ3v) is 3.71. The molecule has 0 aromatic carbocycles. The van der Waals surface area contributed by atoms with E-state index in [1.54, 1.807) is 0 Å². The zero-order valence-corrected chi connectivity index (χ0v) is 12.5. The molecule has 2 heteroatoms. The van der Waals surface area contributed by atoms with Crippen LogP contribution in [0, 0.1) is 5.92 Å².